The van der Waals surface area contributed by atoms with Crippen LogP contribution in [0.3, 0.4) is 0 Å². The fourth-order valence-corrected chi connectivity index (χ4v) is 5.76. The predicted octanol–water partition coefficient (Wildman–Crippen LogP) is 5.94. The highest BCUT2D eigenvalue weighted by Crippen LogP contribution is 2.40. The average Bonchev–Trinajstić information content (AvgIpc) is 3.20. The molecule has 0 saturated heterocycles. The number of benzene rings is 3. The summed E-state index contributed by atoms with van der Waals surface area (Å²) in [5, 5.41) is 14.3. The first-order chi connectivity index (χ1) is 28.6. The molecule has 22 heteroatoms. The van der Waals surface area contributed by atoms with E-state index < -0.39 is 55.4 Å². The Morgan fingerprint density at radius 3 is 2.18 bits per heavy atom. The van der Waals surface area contributed by atoms with E-state index in [1.165, 1.54) is 6.20 Å². The van der Waals surface area contributed by atoms with Crippen molar-refractivity contribution in [1.82, 2.24) is 19.9 Å². The normalized spacial score (nSPS) is 11.1. The van der Waals surface area contributed by atoms with Crippen LogP contribution in [0, 0.1) is 0 Å². The molecule has 2 amide bonds. The Kier molecular flexibility index (Phi) is 16.9. The number of aromatic amines is 1. The molecule has 318 valence electrons. The van der Waals surface area contributed by atoms with E-state index in [-0.39, 0.29) is 48.5 Å². The number of anilines is 3. The number of nitrogens with zero attached hydrogens (tertiary/aromatic N) is 3. The van der Waals surface area contributed by atoms with E-state index in [1.807, 2.05) is 13.8 Å². The van der Waals surface area contributed by atoms with Crippen molar-refractivity contribution < 1.29 is 55.8 Å². The molecular weight excluding hydrogens is 816 g/mol. The number of ether oxygens (including phenoxy) is 1. The number of aliphatic carboxylic acids is 1. The second kappa shape index (κ2) is 22.0. The van der Waals surface area contributed by atoms with Crippen LogP contribution in [0.4, 0.5) is 30.5 Å². The van der Waals surface area contributed by atoms with Crippen LogP contribution < -0.4 is 32.4 Å². The maximum absolute atomic E-state index is 13.2. The number of esters is 1. The fourth-order valence-electron chi connectivity index (χ4n) is 4.86. The zero-order valence-corrected chi connectivity index (χ0v) is 33.0. The molecule has 0 unspecified atom stereocenters. The molecule has 3 aromatic carbocycles. The smallest absolute Gasteiger partial charge is 0.416 e. The number of fused-ring (bicyclic) bond motifs is 1. The molecular formula is C38H40F3N8O10P. The molecule has 8 N–H and O–H groups in total. The van der Waals surface area contributed by atoms with E-state index in [0.29, 0.717) is 48.8 Å². The minimum atomic E-state index is -4.73. The van der Waals surface area contributed by atoms with Crippen molar-refractivity contribution in [1.29, 1.82) is 0 Å². The average molecular weight is 857 g/mol. The van der Waals surface area contributed by atoms with Crippen molar-refractivity contribution in [2.75, 3.05) is 29.6 Å². The number of carboxylic acids is 1. The molecule has 0 bridgehead atoms. The number of halogens is 3. The third-order valence-corrected chi connectivity index (χ3v) is 8.97. The second-order valence-corrected chi connectivity index (χ2v) is 13.4. The number of nitrogens with two attached hydrogens (primary N) is 2. The zero-order chi connectivity index (χ0) is 43.8. The molecule has 0 aliphatic carbocycles. The highest BCUT2D eigenvalue weighted by Gasteiger charge is 2.32. The summed E-state index contributed by atoms with van der Waals surface area (Å²) in [5.74, 6) is -3.97. The number of hydrogen-bond donors (Lipinski definition) is 6. The molecule has 18 nitrogen and oxygen atoms in total. The number of carbonyl (C=O) groups is 4. The molecule has 0 aliphatic rings. The van der Waals surface area contributed by atoms with E-state index in [0.717, 1.165) is 17.3 Å². The Balaban J connectivity index is 0.000000293. The highest BCUT2D eigenvalue weighted by atomic mass is 31.2. The summed E-state index contributed by atoms with van der Waals surface area (Å²) < 4.78 is 60.9. The van der Waals surface area contributed by atoms with Crippen LogP contribution in [0.15, 0.2) is 77.7 Å². The summed E-state index contributed by atoms with van der Waals surface area (Å²) >= 11 is 0. The van der Waals surface area contributed by atoms with E-state index in [1.54, 1.807) is 48.5 Å². The molecule has 0 radical (unpaired) electrons. The van der Waals surface area contributed by atoms with Crippen LogP contribution in [0.1, 0.15) is 70.6 Å². The minimum absolute atomic E-state index is 0.00258. The van der Waals surface area contributed by atoms with Crippen LogP contribution in [-0.2, 0) is 42.5 Å². The van der Waals surface area contributed by atoms with Crippen LogP contribution in [-0.4, -0.2) is 62.0 Å². The number of rotatable bonds is 18. The first kappa shape index (κ1) is 46.2. The number of carbonyl (C=O) groups excluding carboxylic acids is 3. The number of nitrogen functional groups attached to an aromatic ring is 1. The number of H-pyrrole nitrogens is 1. The van der Waals surface area contributed by atoms with Crippen LogP contribution in [0.5, 0.6) is 5.75 Å². The van der Waals surface area contributed by atoms with Gasteiger partial charge >= 0.3 is 26.7 Å². The molecule has 0 spiro atoms. The van der Waals surface area contributed by atoms with Gasteiger partial charge in [0.1, 0.15) is 5.75 Å². The summed E-state index contributed by atoms with van der Waals surface area (Å²) in [6, 6.07) is 15.4. The van der Waals surface area contributed by atoms with Crippen LogP contribution >= 0.6 is 8.60 Å². The van der Waals surface area contributed by atoms with Gasteiger partial charge in [-0.15, -0.1) is 0 Å². The number of primary amides is 1. The third-order valence-electron chi connectivity index (χ3n) is 7.70. The first-order valence-corrected chi connectivity index (χ1v) is 19.0. The van der Waals surface area contributed by atoms with Gasteiger partial charge in [-0.3, -0.25) is 29.0 Å². The number of alkyl halides is 3. The van der Waals surface area contributed by atoms with Crippen molar-refractivity contribution in [3.63, 3.8) is 0 Å². The summed E-state index contributed by atoms with van der Waals surface area (Å²) in [5.41, 5.74) is 12.0. The highest BCUT2D eigenvalue weighted by molar-refractivity contribution is 7.41. The molecule has 0 fully saturated rings. The van der Waals surface area contributed by atoms with Gasteiger partial charge < -0.3 is 45.5 Å². The molecule has 60 heavy (non-hydrogen) atoms. The zero-order valence-electron chi connectivity index (χ0n) is 32.1. The van der Waals surface area contributed by atoms with Crippen molar-refractivity contribution >= 4 is 60.8 Å². The molecule has 2 aromatic heterocycles. The fraction of sp³-hybridized carbons (Fsp3) is 0.263. The Bertz CT molecular complexity index is 2330. The number of aromatic nitrogens is 4. The largest absolute Gasteiger partial charge is 0.481 e. The Hall–Kier alpha value is -6.54. The monoisotopic (exact) mass is 856 g/mol. The van der Waals surface area contributed by atoms with Crippen molar-refractivity contribution in [2.45, 2.75) is 52.4 Å². The molecule has 0 atom stereocenters. The first-order valence-electron chi connectivity index (χ1n) is 17.9. The van der Waals surface area contributed by atoms with Gasteiger partial charge in [0.15, 0.2) is 11.2 Å². The van der Waals surface area contributed by atoms with Gasteiger partial charge in [-0.25, -0.2) is 9.97 Å². The van der Waals surface area contributed by atoms with Gasteiger partial charge in [0.25, 0.3) is 11.5 Å². The number of carboxylic acid groups (broad SMARTS) is 1. The lowest BCUT2D eigenvalue weighted by atomic mass is 10.1. The van der Waals surface area contributed by atoms with Crippen molar-refractivity contribution in [3.8, 4) is 5.75 Å². The molecule has 0 aliphatic heterocycles. The van der Waals surface area contributed by atoms with Crippen molar-refractivity contribution in [3.05, 3.63) is 111 Å². The van der Waals surface area contributed by atoms with E-state index >= 15 is 0 Å². The van der Waals surface area contributed by atoms with Gasteiger partial charge in [-0.1, -0.05) is 12.1 Å². The molecule has 5 aromatic rings. The Morgan fingerprint density at radius 1 is 0.900 bits per heavy atom. The van der Waals surface area contributed by atoms with Crippen LogP contribution in [0.25, 0.3) is 11.2 Å². The van der Waals surface area contributed by atoms with E-state index in [4.69, 9.17) is 34.9 Å². The molecule has 0 saturated carbocycles. The number of hydrogen-bond acceptors (Lipinski definition) is 14. The van der Waals surface area contributed by atoms with Gasteiger partial charge in [-0.05, 0) is 80.4 Å². The molecule has 5 rings (SSSR count). The SMILES string of the molecule is CCOP(OCC)OCc1ccc(NC(=O)c2ccc(C(F)(F)F)cc2OC(=O)CCCC(=O)O)cc1.NC(=O)c1ccc(NCc2cnc3nc(N)[nH]c(=O)c3n2)cc1. The Morgan fingerprint density at radius 2 is 1.57 bits per heavy atom. The predicted molar refractivity (Wildman–Crippen MR) is 213 cm³/mol. The van der Waals surface area contributed by atoms with Gasteiger partial charge in [0.05, 0.1) is 49.4 Å². The summed E-state index contributed by atoms with van der Waals surface area (Å²) in [7, 11) is -1.49. The lowest BCUT2D eigenvalue weighted by molar-refractivity contribution is -0.140. The maximum atomic E-state index is 13.2. The number of nitrogens with one attached hydrogen (secondary N) is 3. The second-order valence-electron chi connectivity index (χ2n) is 12.2. The van der Waals surface area contributed by atoms with E-state index in [9.17, 15) is 37.1 Å². The lowest BCUT2D eigenvalue weighted by Crippen LogP contribution is -2.17. The summed E-state index contributed by atoms with van der Waals surface area (Å²) in [6.45, 7) is 5.04. The van der Waals surface area contributed by atoms with Gasteiger partial charge in [-0.2, -0.15) is 18.2 Å². The van der Waals surface area contributed by atoms with Crippen molar-refractivity contribution in [2.24, 2.45) is 5.73 Å². The van der Waals surface area contributed by atoms with Gasteiger partial charge in [0, 0.05) is 29.8 Å². The van der Waals surface area contributed by atoms with Crippen LogP contribution in [0.2, 0.25) is 0 Å². The summed E-state index contributed by atoms with van der Waals surface area (Å²) in [4.78, 5) is 72.8. The standard InChI is InChI=1S/C24H27F3NO8P.C14H13N7O2/c1-3-33-37(34-4-2)35-15-16-8-11-18(12-9-16)28-23(32)19-13-10-17(24(25,26)27)14-20(19)36-22(31)7-5-6-21(29)30;15-11(22)7-1-3-8(4-2-7)17-5-9-6-18-12-10(19-9)13(23)21-14(16)20-12/h8-14H,3-7,15H2,1-2H3,(H,28,32)(H,29,30);1-4,6,17H,5H2,(H2,15,22)(H3,16,18,20,21,23). The summed E-state index contributed by atoms with van der Waals surface area (Å²) in [6.07, 6.45) is -3.95. The van der Waals surface area contributed by atoms with Gasteiger partial charge in [0.2, 0.25) is 11.9 Å². The quantitative estimate of drug-likeness (QED) is 0.0338. The Labute approximate surface area is 340 Å². The lowest BCUT2D eigenvalue weighted by Gasteiger charge is -2.15. The minimum Gasteiger partial charge on any atom is -0.481 e. The maximum Gasteiger partial charge on any atom is 0.416 e. The molecule has 2 heterocycles. The topological polar surface area (TPSA) is 273 Å². The number of amides is 2. The van der Waals surface area contributed by atoms with E-state index in [2.05, 4.69) is 30.6 Å². The third kappa shape index (κ3) is 14.4.